The average molecular weight is 234 g/mol. The van der Waals surface area contributed by atoms with E-state index in [4.69, 9.17) is 5.11 Å². The standard InChI is InChI=1S/C13H18N2O2/c1-2-12(8-16)15-13(17)9-3-4-10-6-14-7-11(10)5-9/h3-5,12,14,16H,2,6-8H2,1H3,(H,15,17)/t12-/m0/s1. The van der Waals surface area contributed by atoms with Crippen molar-refractivity contribution in [2.45, 2.75) is 32.5 Å². The van der Waals surface area contributed by atoms with Crippen LogP contribution in [-0.4, -0.2) is 23.7 Å². The summed E-state index contributed by atoms with van der Waals surface area (Å²) in [4.78, 5) is 11.9. The Hall–Kier alpha value is -1.39. The number of hydrogen-bond acceptors (Lipinski definition) is 3. The number of carbonyl (C=O) groups is 1. The normalized spacial score (nSPS) is 15.4. The minimum absolute atomic E-state index is 0.0191. The van der Waals surface area contributed by atoms with E-state index in [0.717, 1.165) is 19.5 Å². The summed E-state index contributed by atoms with van der Waals surface area (Å²) in [6.07, 6.45) is 0.731. The number of rotatable bonds is 4. The Morgan fingerprint density at radius 2 is 2.24 bits per heavy atom. The molecule has 0 bridgehead atoms. The number of aliphatic hydroxyl groups excluding tert-OH is 1. The predicted molar refractivity (Wildman–Crippen MR) is 65.6 cm³/mol. The minimum atomic E-state index is -0.158. The van der Waals surface area contributed by atoms with E-state index in [0.29, 0.717) is 5.56 Å². The lowest BCUT2D eigenvalue weighted by atomic mass is 10.1. The van der Waals surface area contributed by atoms with Gasteiger partial charge in [-0.1, -0.05) is 13.0 Å². The summed E-state index contributed by atoms with van der Waals surface area (Å²) in [5, 5.41) is 15.1. The monoisotopic (exact) mass is 234 g/mol. The fourth-order valence-corrected chi connectivity index (χ4v) is 1.98. The van der Waals surface area contributed by atoms with Gasteiger partial charge in [-0.2, -0.15) is 0 Å². The molecule has 4 heteroatoms. The zero-order valence-electron chi connectivity index (χ0n) is 9.99. The van der Waals surface area contributed by atoms with Gasteiger partial charge in [0.2, 0.25) is 0 Å². The molecule has 0 unspecified atom stereocenters. The molecule has 92 valence electrons. The maximum Gasteiger partial charge on any atom is 0.251 e. The van der Waals surface area contributed by atoms with Gasteiger partial charge in [0.25, 0.3) is 5.91 Å². The largest absolute Gasteiger partial charge is 0.394 e. The summed E-state index contributed by atoms with van der Waals surface area (Å²) in [6, 6.07) is 5.60. The molecule has 0 spiro atoms. The summed E-state index contributed by atoms with van der Waals surface area (Å²) in [5.41, 5.74) is 3.12. The fourth-order valence-electron chi connectivity index (χ4n) is 1.98. The highest BCUT2D eigenvalue weighted by molar-refractivity contribution is 5.94. The second-order valence-corrected chi connectivity index (χ2v) is 4.35. The predicted octanol–water partition coefficient (Wildman–Crippen LogP) is 0.791. The Balaban J connectivity index is 2.09. The van der Waals surface area contributed by atoms with Gasteiger partial charge in [-0.25, -0.2) is 0 Å². The Morgan fingerprint density at radius 3 is 2.94 bits per heavy atom. The first-order valence-corrected chi connectivity index (χ1v) is 5.98. The first-order chi connectivity index (χ1) is 8.24. The van der Waals surface area contributed by atoms with Crippen LogP contribution in [0.15, 0.2) is 18.2 Å². The second kappa shape index (κ2) is 5.29. The lowest BCUT2D eigenvalue weighted by molar-refractivity contribution is 0.0915. The van der Waals surface area contributed by atoms with Crippen LogP contribution in [0.5, 0.6) is 0 Å². The van der Waals surface area contributed by atoms with E-state index in [2.05, 4.69) is 10.6 Å². The Bertz CT molecular complexity index is 414. The van der Waals surface area contributed by atoms with Crippen LogP contribution in [0.2, 0.25) is 0 Å². The number of nitrogens with one attached hydrogen (secondary N) is 2. The zero-order chi connectivity index (χ0) is 12.3. The minimum Gasteiger partial charge on any atom is -0.394 e. The van der Waals surface area contributed by atoms with Gasteiger partial charge in [0.05, 0.1) is 12.6 Å². The molecule has 0 radical (unpaired) electrons. The van der Waals surface area contributed by atoms with Crippen LogP contribution in [-0.2, 0) is 13.1 Å². The van der Waals surface area contributed by atoms with E-state index in [9.17, 15) is 4.79 Å². The van der Waals surface area contributed by atoms with Crippen molar-refractivity contribution in [1.82, 2.24) is 10.6 Å². The number of aliphatic hydroxyl groups is 1. The summed E-state index contributed by atoms with van der Waals surface area (Å²) in [5.74, 6) is -0.111. The number of amides is 1. The number of benzene rings is 1. The third-order valence-corrected chi connectivity index (χ3v) is 3.15. The van der Waals surface area contributed by atoms with Gasteiger partial charge in [0.15, 0.2) is 0 Å². The van der Waals surface area contributed by atoms with Crippen LogP contribution in [0.25, 0.3) is 0 Å². The average Bonchev–Trinajstić information content (AvgIpc) is 2.82. The van der Waals surface area contributed by atoms with Crippen LogP contribution in [0.3, 0.4) is 0 Å². The molecule has 3 N–H and O–H groups in total. The maximum absolute atomic E-state index is 11.9. The van der Waals surface area contributed by atoms with Gasteiger partial charge < -0.3 is 15.7 Å². The molecule has 0 saturated heterocycles. The smallest absolute Gasteiger partial charge is 0.251 e. The molecule has 1 aromatic carbocycles. The molecule has 0 saturated carbocycles. The molecular weight excluding hydrogens is 216 g/mol. The van der Waals surface area contributed by atoms with E-state index < -0.39 is 0 Å². The topological polar surface area (TPSA) is 61.4 Å². The zero-order valence-corrected chi connectivity index (χ0v) is 9.99. The lowest BCUT2D eigenvalue weighted by Gasteiger charge is -2.14. The highest BCUT2D eigenvalue weighted by Gasteiger charge is 2.15. The molecule has 1 aliphatic heterocycles. The van der Waals surface area contributed by atoms with Crippen LogP contribution in [0.4, 0.5) is 0 Å². The van der Waals surface area contributed by atoms with Crippen molar-refractivity contribution in [1.29, 1.82) is 0 Å². The summed E-state index contributed by atoms with van der Waals surface area (Å²) >= 11 is 0. The Morgan fingerprint density at radius 1 is 1.47 bits per heavy atom. The van der Waals surface area contributed by atoms with E-state index in [-0.39, 0.29) is 18.6 Å². The van der Waals surface area contributed by atoms with Crippen LogP contribution >= 0.6 is 0 Å². The van der Waals surface area contributed by atoms with Gasteiger partial charge >= 0.3 is 0 Å². The maximum atomic E-state index is 11.9. The Labute approximate surface area is 101 Å². The Kier molecular flexibility index (Phi) is 3.76. The molecule has 1 aliphatic rings. The van der Waals surface area contributed by atoms with Gasteiger partial charge in [-0.05, 0) is 29.7 Å². The van der Waals surface area contributed by atoms with Crippen molar-refractivity contribution >= 4 is 5.91 Å². The summed E-state index contributed by atoms with van der Waals surface area (Å²) in [6.45, 7) is 3.63. The highest BCUT2D eigenvalue weighted by Crippen LogP contribution is 2.17. The quantitative estimate of drug-likeness (QED) is 0.722. The van der Waals surface area contributed by atoms with E-state index in [1.165, 1.54) is 11.1 Å². The van der Waals surface area contributed by atoms with Crippen molar-refractivity contribution in [3.63, 3.8) is 0 Å². The van der Waals surface area contributed by atoms with Gasteiger partial charge in [-0.15, -0.1) is 0 Å². The molecule has 0 aromatic heterocycles. The van der Waals surface area contributed by atoms with Gasteiger partial charge in [0.1, 0.15) is 0 Å². The second-order valence-electron chi connectivity index (χ2n) is 4.35. The van der Waals surface area contributed by atoms with Crippen molar-refractivity contribution in [3.05, 3.63) is 34.9 Å². The lowest BCUT2D eigenvalue weighted by Crippen LogP contribution is -2.36. The molecule has 1 atom stereocenters. The van der Waals surface area contributed by atoms with Crippen molar-refractivity contribution in [3.8, 4) is 0 Å². The SMILES string of the molecule is CC[C@@H](CO)NC(=O)c1ccc2c(c1)CNC2. The fraction of sp³-hybridized carbons (Fsp3) is 0.462. The van der Waals surface area contributed by atoms with E-state index in [1.54, 1.807) is 0 Å². The van der Waals surface area contributed by atoms with Crippen molar-refractivity contribution in [2.24, 2.45) is 0 Å². The molecule has 2 rings (SSSR count). The van der Waals surface area contributed by atoms with Crippen LogP contribution < -0.4 is 10.6 Å². The number of fused-ring (bicyclic) bond motifs is 1. The molecule has 0 aliphatic carbocycles. The molecule has 4 nitrogen and oxygen atoms in total. The van der Waals surface area contributed by atoms with Crippen LogP contribution in [0.1, 0.15) is 34.8 Å². The van der Waals surface area contributed by atoms with E-state index >= 15 is 0 Å². The molecule has 0 fully saturated rings. The van der Waals surface area contributed by atoms with Gasteiger partial charge in [-0.3, -0.25) is 4.79 Å². The molecule has 17 heavy (non-hydrogen) atoms. The molecular formula is C13H18N2O2. The highest BCUT2D eigenvalue weighted by atomic mass is 16.3. The number of hydrogen-bond donors (Lipinski definition) is 3. The summed E-state index contributed by atoms with van der Waals surface area (Å²) in [7, 11) is 0. The molecule has 1 aromatic rings. The van der Waals surface area contributed by atoms with Gasteiger partial charge in [0, 0.05) is 18.7 Å². The number of carbonyl (C=O) groups excluding carboxylic acids is 1. The van der Waals surface area contributed by atoms with Crippen molar-refractivity contribution < 1.29 is 9.90 Å². The van der Waals surface area contributed by atoms with Crippen molar-refractivity contribution in [2.75, 3.05) is 6.61 Å². The molecule has 1 heterocycles. The first-order valence-electron chi connectivity index (χ1n) is 5.98. The molecule has 1 amide bonds. The van der Waals surface area contributed by atoms with E-state index in [1.807, 2.05) is 25.1 Å². The first kappa shape index (κ1) is 12.1. The third kappa shape index (κ3) is 2.65. The van der Waals surface area contributed by atoms with Crippen LogP contribution in [0, 0.1) is 0 Å². The third-order valence-electron chi connectivity index (χ3n) is 3.15. The summed E-state index contributed by atoms with van der Waals surface area (Å²) < 4.78 is 0.